The first-order valence-corrected chi connectivity index (χ1v) is 4.20. The third-order valence-corrected chi connectivity index (χ3v) is 1.97. The molecule has 0 bridgehead atoms. The number of hydrogen-bond acceptors (Lipinski definition) is 5. The number of nitrogens with zero attached hydrogens (tertiary/aromatic N) is 4. The predicted octanol–water partition coefficient (Wildman–Crippen LogP) is 0.470. The van der Waals surface area contributed by atoms with Gasteiger partial charge in [-0.1, -0.05) is 0 Å². The maximum absolute atomic E-state index is 4.03. The molecule has 0 amide bonds. The fraction of sp³-hybridized carbons (Fsp3) is 0.200. The molecule has 6 heteroatoms. The molecule has 2 aromatic rings. The Kier molecular flexibility index (Phi) is 1.46. The van der Waals surface area contributed by atoms with Crippen LogP contribution in [0.2, 0.25) is 0 Å². The van der Waals surface area contributed by atoms with Crippen molar-refractivity contribution in [1.29, 1.82) is 0 Å². The third-order valence-electron chi connectivity index (χ3n) is 1.28. The highest BCUT2D eigenvalue weighted by molar-refractivity contribution is 7.98. The lowest BCUT2D eigenvalue weighted by Gasteiger charge is -1.91. The van der Waals surface area contributed by atoms with Gasteiger partial charge in [0.2, 0.25) is 5.65 Å². The minimum Gasteiger partial charge on any atom is -0.227 e. The molecule has 56 valence electrons. The Morgan fingerprint density at radius 3 is 3.09 bits per heavy atom. The summed E-state index contributed by atoms with van der Waals surface area (Å²) in [5.74, 6) is 0. The summed E-state index contributed by atoms with van der Waals surface area (Å²) in [6.07, 6.45) is 3.42. The van der Waals surface area contributed by atoms with Gasteiger partial charge in [-0.3, -0.25) is 0 Å². The van der Waals surface area contributed by atoms with Crippen molar-refractivity contribution >= 4 is 22.9 Å². The van der Waals surface area contributed by atoms with E-state index >= 15 is 0 Å². The molecular formula is C5H5N5S. The molecule has 0 unspecified atom stereocenters. The molecule has 5 nitrogen and oxygen atoms in total. The van der Waals surface area contributed by atoms with Gasteiger partial charge >= 0.3 is 0 Å². The Balaban J connectivity index is 2.79. The maximum Gasteiger partial charge on any atom is 0.205 e. The molecule has 0 aliphatic rings. The molecular weight excluding hydrogens is 162 g/mol. The van der Waals surface area contributed by atoms with Crippen molar-refractivity contribution in [2.45, 2.75) is 5.03 Å². The number of nitrogens with one attached hydrogen (secondary N) is 1. The van der Waals surface area contributed by atoms with E-state index in [4.69, 9.17) is 0 Å². The highest BCUT2D eigenvalue weighted by Crippen LogP contribution is 2.17. The van der Waals surface area contributed by atoms with Crippen molar-refractivity contribution in [3.05, 3.63) is 6.33 Å². The summed E-state index contributed by atoms with van der Waals surface area (Å²) in [5, 5.41) is 11.1. The van der Waals surface area contributed by atoms with Crippen LogP contribution in [0.1, 0.15) is 0 Å². The molecule has 2 aromatic heterocycles. The van der Waals surface area contributed by atoms with Crippen molar-refractivity contribution in [3.63, 3.8) is 0 Å². The number of hydrogen-bond donors (Lipinski definition) is 1. The van der Waals surface area contributed by atoms with Crippen LogP contribution in [-0.2, 0) is 0 Å². The summed E-state index contributed by atoms with van der Waals surface area (Å²) in [4.78, 5) is 7.95. The molecule has 2 rings (SSSR count). The standard InChI is InChI=1S/C5H5N5S/c1-11-5-3-4(6-2-7-5)9-10-8-3/h2H,1H3,(H,6,7,8,9,10). The van der Waals surface area contributed by atoms with E-state index in [1.54, 1.807) is 0 Å². The number of aromatic nitrogens is 5. The van der Waals surface area contributed by atoms with Gasteiger partial charge in [0.25, 0.3) is 0 Å². The number of thioether (sulfide) groups is 1. The maximum atomic E-state index is 4.03. The van der Waals surface area contributed by atoms with Crippen LogP contribution in [0.5, 0.6) is 0 Å². The number of rotatable bonds is 1. The Morgan fingerprint density at radius 1 is 1.36 bits per heavy atom. The zero-order chi connectivity index (χ0) is 7.68. The average molecular weight is 167 g/mol. The molecule has 11 heavy (non-hydrogen) atoms. The van der Waals surface area contributed by atoms with Crippen LogP contribution >= 0.6 is 11.8 Å². The van der Waals surface area contributed by atoms with Crippen LogP contribution in [-0.4, -0.2) is 31.6 Å². The van der Waals surface area contributed by atoms with Gasteiger partial charge < -0.3 is 0 Å². The number of H-pyrrole nitrogens is 1. The molecule has 0 aliphatic heterocycles. The van der Waals surface area contributed by atoms with Crippen LogP contribution in [0.15, 0.2) is 11.4 Å². The van der Waals surface area contributed by atoms with Crippen molar-refractivity contribution in [2.24, 2.45) is 0 Å². The van der Waals surface area contributed by atoms with E-state index in [-0.39, 0.29) is 0 Å². The first kappa shape index (κ1) is 6.53. The molecule has 0 spiro atoms. The summed E-state index contributed by atoms with van der Waals surface area (Å²) in [7, 11) is 0. The minimum absolute atomic E-state index is 0.615. The van der Waals surface area contributed by atoms with Crippen LogP contribution in [0.4, 0.5) is 0 Å². The Morgan fingerprint density at radius 2 is 2.27 bits per heavy atom. The van der Waals surface area contributed by atoms with Gasteiger partial charge in [-0.05, 0) is 6.26 Å². The van der Waals surface area contributed by atoms with Gasteiger partial charge in [0.05, 0.1) is 0 Å². The van der Waals surface area contributed by atoms with E-state index in [9.17, 15) is 0 Å². The fourth-order valence-corrected chi connectivity index (χ4v) is 1.29. The van der Waals surface area contributed by atoms with Gasteiger partial charge in [0.1, 0.15) is 11.4 Å². The summed E-state index contributed by atoms with van der Waals surface area (Å²) in [6, 6.07) is 0. The molecule has 1 N–H and O–H groups in total. The molecule has 2 heterocycles. The van der Waals surface area contributed by atoms with Crippen LogP contribution < -0.4 is 0 Å². The Bertz CT molecular complexity index is 370. The largest absolute Gasteiger partial charge is 0.227 e. The average Bonchev–Trinajstić information content (AvgIpc) is 2.50. The van der Waals surface area contributed by atoms with Gasteiger partial charge in [-0.2, -0.15) is 10.3 Å². The second kappa shape index (κ2) is 2.46. The molecule has 0 aromatic carbocycles. The predicted molar refractivity (Wildman–Crippen MR) is 41.3 cm³/mol. The zero-order valence-corrected chi connectivity index (χ0v) is 6.59. The number of aromatic amines is 1. The molecule has 0 atom stereocenters. The van der Waals surface area contributed by atoms with E-state index in [0.717, 1.165) is 10.5 Å². The highest BCUT2D eigenvalue weighted by atomic mass is 32.2. The van der Waals surface area contributed by atoms with Crippen molar-refractivity contribution < 1.29 is 0 Å². The van der Waals surface area contributed by atoms with Crippen molar-refractivity contribution in [3.8, 4) is 0 Å². The van der Waals surface area contributed by atoms with E-state index in [1.807, 2.05) is 6.26 Å². The molecule has 0 saturated heterocycles. The smallest absolute Gasteiger partial charge is 0.205 e. The van der Waals surface area contributed by atoms with Gasteiger partial charge in [-0.15, -0.1) is 16.9 Å². The normalized spacial score (nSPS) is 10.6. The Hall–Kier alpha value is -1.17. The second-order valence-electron chi connectivity index (χ2n) is 1.88. The first-order chi connectivity index (χ1) is 5.42. The summed E-state index contributed by atoms with van der Waals surface area (Å²) < 4.78 is 0. The van der Waals surface area contributed by atoms with E-state index in [0.29, 0.717) is 5.65 Å². The summed E-state index contributed by atoms with van der Waals surface area (Å²) in [5.41, 5.74) is 1.35. The van der Waals surface area contributed by atoms with Gasteiger partial charge in [0.15, 0.2) is 5.52 Å². The summed E-state index contributed by atoms with van der Waals surface area (Å²) in [6.45, 7) is 0. The van der Waals surface area contributed by atoms with Crippen molar-refractivity contribution in [1.82, 2.24) is 25.4 Å². The van der Waals surface area contributed by atoms with Crippen LogP contribution in [0.3, 0.4) is 0 Å². The summed E-state index contributed by atoms with van der Waals surface area (Å²) >= 11 is 1.53. The topological polar surface area (TPSA) is 67.3 Å². The first-order valence-electron chi connectivity index (χ1n) is 2.97. The lowest BCUT2D eigenvalue weighted by Crippen LogP contribution is -1.83. The quantitative estimate of drug-likeness (QED) is 0.494. The lowest BCUT2D eigenvalue weighted by molar-refractivity contribution is 0.952. The van der Waals surface area contributed by atoms with Gasteiger partial charge in [0, 0.05) is 0 Å². The minimum atomic E-state index is 0.615. The van der Waals surface area contributed by atoms with Crippen molar-refractivity contribution in [2.75, 3.05) is 6.26 Å². The van der Waals surface area contributed by atoms with Gasteiger partial charge in [-0.25, -0.2) is 9.97 Å². The molecule has 0 saturated carbocycles. The molecule has 0 aliphatic carbocycles. The highest BCUT2D eigenvalue weighted by Gasteiger charge is 2.04. The van der Waals surface area contributed by atoms with E-state index in [2.05, 4.69) is 25.4 Å². The molecule has 0 radical (unpaired) electrons. The monoisotopic (exact) mass is 167 g/mol. The second-order valence-corrected chi connectivity index (χ2v) is 2.67. The molecule has 0 fully saturated rings. The van der Waals surface area contributed by atoms with E-state index < -0.39 is 0 Å². The lowest BCUT2D eigenvalue weighted by atomic mass is 10.6. The van der Waals surface area contributed by atoms with Crippen LogP contribution in [0, 0.1) is 0 Å². The zero-order valence-electron chi connectivity index (χ0n) is 5.77. The SMILES string of the molecule is CSc1ncnc2n[nH]nc12. The third kappa shape index (κ3) is 0.949. The number of fused-ring (bicyclic) bond motifs is 1. The van der Waals surface area contributed by atoms with E-state index in [1.165, 1.54) is 18.1 Å². The fourth-order valence-electron chi connectivity index (χ4n) is 0.805. The van der Waals surface area contributed by atoms with Crippen LogP contribution in [0.25, 0.3) is 11.2 Å². The Labute approximate surface area is 66.6 Å².